The van der Waals surface area contributed by atoms with Gasteiger partial charge in [-0.3, -0.25) is 0 Å². The van der Waals surface area contributed by atoms with Crippen LogP contribution in [0.5, 0.6) is 0 Å². The molecule has 3 aromatic rings. The smallest absolute Gasteiger partial charge is 0.159 e. The molecule has 0 atom stereocenters. The van der Waals surface area contributed by atoms with Crippen LogP contribution in [-0.4, -0.2) is 20.0 Å². The van der Waals surface area contributed by atoms with Crippen molar-refractivity contribution in [3.8, 4) is 5.82 Å². The quantitative estimate of drug-likeness (QED) is 0.668. The Hall–Kier alpha value is -2.23. The second kappa shape index (κ2) is 4.16. The third kappa shape index (κ3) is 1.99. The zero-order chi connectivity index (χ0) is 13.5. The summed E-state index contributed by atoms with van der Waals surface area (Å²) in [4.78, 5) is 4.50. The van der Waals surface area contributed by atoms with Gasteiger partial charge in [0, 0.05) is 11.8 Å². The van der Waals surface area contributed by atoms with Gasteiger partial charge in [-0.2, -0.15) is 4.68 Å². The number of pyridine rings is 1. The molecule has 0 aliphatic heterocycles. The summed E-state index contributed by atoms with van der Waals surface area (Å²) in [5.41, 5.74) is 3.03. The number of hydrogen-bond donors (Lipinski definition) is 0. The molecule has 4 nitrogen and oxygen atoms in total. The molecule has 0 saturated heterocycles. The van der Waals surface area contributed by atoms with Crippen LogP contribution in [0.4, 0.5) is 0 Å². The van der Waals surface area contributed by atoms with Crippen LogP contribution in [0, 0.1) is 0 Å². The summed E-state index contributed by atoms with van der Waals surface area (Å²) in [5.74, 6) is 0.851. The average Bonchev–Trinajstić information content (AvgIpc) is 2.81. The molecule has 0 unspecified atom stereocenters. The fraction of sp³-hybridized carbons (Fsp3) is 0.267. The first-order chi connectivity index (χ1) is 9.07. The summed E-state index contributed by atoms with van der Waals surface area (Å²) >= 11 is 0. The van der Waals surface area contributed by atoms with Gasteiger partial charge in [-0.25, -0.2) is 4.98 Å². The van der Waals surface area contributed by atoms with E-state index in [2.05, 4.69) is 42.1 Å². The Morgan fingerprint density at radius 1 is 1.00 bits per heavy atom. The fourth-order valence-electron chi connectivity index (χ4n) is 2.18. The van der Waals surface area contributed by atoms with Crippen molar-refractivity contribution in [3.05, 3.63) is 48.2 Å². The highest BCUT2D eigenvalue weighted by molar-refractivity contribution is 5.75. The lowest BCUT2D eigenvalue weighted by Crippen LogP contribution is -2.16. The standard InChI is InChI=1S/C15H16N4/c1-15(2,3)11-7-6-10-16-14(11)19-13-9-5-4-8-12(13)17-18-19/h4-10H,1-3H3. The molecule has 0 aliphatic carbocycles. The van der Waals surface area contributed by atoms with E-state index in [1.807, 2.05) is 35.0 Å². The van der Waals surface area contributed by atoms with Crippen molar-refractivity contribution in [2.45, 2.75) is 26.2 Å². The Bertz CT molecular complexity index is 722. The zero-order valence-electron chi connectivity index (χ0n) is 11.3. The molecule has 0 radical (unpaired) electrons. The van der Waals surface area contributed by atoms with Crippen molar-refractivity contribution in [3.63, 3.8) is 0 Å². The fourth-order valence-corrected chi connectivity index (χ4v) is 2.18. The van der Waals surface area contributed by atoms with Gasteiger partial charge in [-0.05, 0) is 23.6 Å². The Morgan fingerprint density at radius 3 is 2.58 bits per heavy atom. The number of nitrogens with zero attached hydrogens (tertiary/aromatic N) is 4. The maximum atomic E-state index is 4.50. The van der Waals surface area contributed by atoms with Gasteiger partial charge in [0.1, 0.15) is 5.52 Å². The summed E-state index contributed by atoms with van der Waals surface area (Å²) in [5, 5.41) is 8.44. The van der Waals surface area contributed by atoms with Gasteiger partial charge in [0.2, 0.25) is 0 Å². The summed E-state index contributed by atoms with van der Waals surface area (Å²) in [6.45, 7) is 6.52. The van der Waals surface area contributed by atoms with Gasteiger partial charge < -0.3 is 0 Å². The minimum absolute atomic E-state index is 0.0106. The lowest BCUT2D eigenvalue weighted by Gasteiger charge is -2.21. The number of para-hydroxylation sites is 1. The van der Waals surface area contributed by atoms with Crippen molar-refractivity contribution < 1.29 is 0 Å². The third-order valence-corrected chi connectivity index (χ3v) is 3.15. The molecule has 0 amide bonds. The molecule has 0 bridgehead atoms. The molecule has 19 heavy (non-hydrogen) atoms. The van der Waals surface area contributed by atoms with E-state index in [0.29, 0.717) is 0 Å². The maximum absolute atomic E-state index is 4.50. The Labute approximate surface area is 112 Å². The molecule has 96 valence electrons. The van der Waals surface area contributed by atoms with Gasteiger partial charge in [-0.1, -0.05) is 44.2 Å². The summed E-state index contributed by atoms with van der Waals surface area (Å²) in [6, 6.07) is 12.0. The van der Waals surface area contributed by atoms with Gasteiger partial charge >= 0.3 is 0 Å². The van der Waals surface area contributed by atoms with Gasteiger partial charge in [0.15, 0.2) is 5.82 Å². The summed E-state index contributed by atoms with van der Waals surface area (Å²) < 4.78 is 1.82. The second-order valence-corrected chi connectivity index (χ2v) is 5.61. The predicted molar refractivity (Wildman–Crippen MR) is 75.4 cm³/mol. The lowest BCUT2D eigenvalue weighted by molar-refractivity contribution is 0.578. The molecular weight excluding hydrogens is 236 g/mol. The van der Waals surface area contributed by atoms with E-state index in [1.54, 1.807) is 6.20 Å². The highest BCUT2D eigenvalue weighted by Gasteiger charge is 2.21. The number of hydrogen-bond acceptors (Lipinski definition) is 3. The Balaban J connectivity index is 2.28. The van der Waals surface area contributed by atoms with Crippen LogP contribution in [0.15, 0.2) is 42.6 Å². The zero-order valence-corrected chi connectivity index (χ0v) is 11.3. The molecule has 2 heterocycles. The van der Waals surface area contributed by atoms with Crippen molar-refractivity contribution >= 4 is 11.0 Å². The largest absolute Gasteiger partial charge is 0.237 e. The van der Waals surface area contributed by atoms with Crippen LogP contribution in [0.3, 0.4) is 0 Å². The molecule has 0 saturated carbocycles. The normalized spacial score (nSPS) is 11.9. The second-order valence-electron chi connectivity index (χ2n) is 5.61. The van der Waals surface area contributed by atoms with Crippen molar-refractivity contribution in [2.75, 3.05) is 0 Å². The van der Waals surface area contributed by atoms with Crippen LogP contribution in [0.25, 0.3) is 16.9 Å². The molecule has 4 heteroatoms. The predicted octanol–water partition coefficient (Wildman–Crippen LogP) is 3.11. The highest BCUT2D eigenvalue weighted by Crippen LogP contribution is 2.27. The molecule has 0 spiro atoms. The minimum Gasteiger partial charge on any atom is -0.237 e. The van der Waals surface area contributed by atoms with Crippen molar-refractivity contribution in [1.29, 1.82) is 0 Å². The van der Waals surface area contributed by atoms with E-state index < -0.39 is 0 Å². The van der Waals surface area contributed by atoms with Gasteiger partial charge in [0.25, 0.3) is 0 Å². The molecule has 0 fully saturated rings. The van der Waals surface area contributed by atoms with Gasteiger partial charge in [0.05, 0.1) is 5.52 Å². The monoisotopic (exact) mass is 252 g/mol. The Kier molecular flexibility index (Phi) is 2.59. The topological polar surface area (TPSA) is 43.6 Å². The first kappa shape index (κ1) is 11.8. The first-order valence-electron chi connectivity index (χ1n) is 6.34. The number of benzene rings is 1. The van der Waals surface area contributed by atoms with Crippen LogP contribution in [0.2, 0.25) is 0 Å². The highest BCUT2D eigenvalue weighted by atomic mass is 15.4. The van der Waals surface area contributed by atoms with E-state index in [1.165, 1.54) is 0 Å². The van der Waals surface area contributed by atoms with E-state index >= 15 is 0 Å². The van der Waals surface area contributed by atoms with Crippen LogP contribution >= 0.6 is 0 Å². The number of aromatic nitrogens is 4. The molecule has 2 aromatic heterocycles. The number of rotatable bonds is 1. The molecule has 3 rings (SSSR count). The lowest BCUT2D eigenvalue weighted by atomic mass is 9.87. The SMILES string of the molecule is CC(C)(C)c1cccnc1-n1nnc2ccccc21. The molecule has 1 aromatic carbocycles. The average molecular weight is 252 g/mol. The first-order valence-corrected chi connectivity index (χ1v) is 6.34. The molecule has 0 N–H and O–H groups in total. The van der Waals surface area contributed by atoms with Crippen LogP contribution in [-0.2, 0) is 5.41 Å². The van der Waals surface area contributed by atoms with E-state index in [-0.39, 0.29) is 5.41 Å². The Morgan fingerprint density at radius 2 is 1.79 bits per heavy atom. The third-order valence-electron chi connectivity index (χ3n) is 3.15. The van der Waals surface area contributed by atoms with Crippen LogP contribution < -0.4 is 0 Å². The minimum atomic E-state index is 0.0106. The molecular formula is C15H16N4. The molecule has 0 aliphatic rings. The van der Waals surface area contributed by atoms with E-state index in [4.69, 9.17) is 0 Å². The van der Waals surface area contributed by atoms with Crippen molar-refractivity contribution in [2.24, 2.45) is 0 Å². The van der Waals surface area contributed by atoms with Crippen LogP contribution in [0.1, 0.15) is 26.3 Å². The van der Waals surface area contributed by atoms with E-state index in [9.17, 15) is 0 Å². The summed E-state index contributed by atoms with van der Waals surface area (Å²) in [7, 11) is 0. The van der Waals surface area contributed by atoms with Gasteiger partial charge in [-0.15, -0.1) is 5.10 Å². The summed E-state index contributed by atoms with van der Waals surface area (Å²) in [6.07, 6.45) is 1.79. The maximum Gasteiger partial charge on any atom is 0.159 e. The number of fused-ring (bicyclic) bond motifs is 1. The van der Waals surface area contributed by atoms with Crippen molar-refractivity contribution in [1.82, 2.24) is 20.0 Å². The van der Waals surface area contributed by atoms with E-state index in [0.717, 1.165) is 22.4 Å².